The van der Waals surface area contributed by atoms with Crippen molar-refractivity contribution < 1.29 is 31.9 Å². The van der Waals surface area contributed by atoms with E-state index >= 15 is 0 Å². The Hall–Kier alpha value is -1.94. The normalized spacial score (nSPS) is 18.6. The number of rotatable bonds is 7. The molecule has 1 heterocycles. The minimum atomic E-state index is -4.83. The summed E-state index contributed by atoms with van der Waals surface area (Å²) in [4.78, 5) is 25.5. The van der Waals surface area contributed by atoms with Crippen molar-refractivity contribution in [3.8, 4) is 0 Å². The number of benzene rings is 1. The second kappa shape index (κ2) is 9.91. The van der Waals surface area contributed by atoms with Crippen LogP contribution in [-0.2, 0) is 14.3 Å². The van der Waals surface area contributed by atoms with Gasteiger partial charge in [-0.05, 0) is 36.6 Å². The van der Waals surface area contributed by atoms with Gasteiger partial charge in [-0.1, -0.05) is 31.3 Å². The maximum atomic E-state index is 13.9. The van der Waals surface area contributed by atoms with Gasteiger partial charge in [-0.25, -0.2) is 4.39 Å². The molecule has 1 aliphatic heterocycles. The Labute approximate surface area is 181 Å². The van der Waals surface area contributed by atoms with Crippen molar-refractivity contribution in [3.05, 3.63) is 52.2 Å². The Balaban J connectivity index is 2.43. The van der Waals surface area contributed by atoms with E-state index in [4.69, 9.17) is 4.74 Å². The van der Waals surface area contributed by atoms with E-state index in [1.807, 2.05) is 6.92 Å². The molecule has 1 unspecified atom stereocenters. The summed E-state index contributed by atoms with van der Waals surface area (Å²) < 4.78 is 58.5. The molecule has 0 aliphatic carbocycles. The van der Waals surface area contributed by atoms with Crippen molar-refractivity contribution in [3.63, 3.8) is 0 Å². The highest BCUT2D eigenvalue weighted by Gasteiger charge is 2.42. The first-order valence-electron chi connectivity index (χ1n) is 9.05. The van der Waals surface area contributed by atoms with E-state index in [0.29, 0.717) is 12.0 Å². The lowest BCUT2D eigenvalue weighted by atomic mass is 9.96. The molecule has 0 saturated carbocycles. The van der Waals surface area contributed by atoms with Gasteiger partial charge in [0.05, 0.1) is 23.5 Å². The molecule has 1 aliphatic rings. The molecule has 0 bridgehead atoms. The number of nitrogens with zero attached hydrogens (tertiary/aromatic N) is 1. The standard InChI is InChI=1S/C20H21F4NO3S2/c1-4-7-28-15(26)5-6-25-18(27)17(30-19(25)29)16(12(3)20(22,23)24)13-8-11(2)9-14(21)10-13/h8-10,19,29H,3-7H2,1-2H3/b17-16+. The zero-order valence-electron chi connectivity index (χ0n) is 16.4. The van der Waals surface area contributed by atoms with Crippen LogP contribution in [0.2, 0.25) is 0 Å². The Bertz CT molecular complexity index is 863. The molecule has 164 valence electrons. The van der Waals surface area contributed by atoms with E-state index < -0.39 is 39.7 Å². The van der Waals surface area contributed by atoms with Gasteiger partial charge in [-0.2, -0.15) is 13.2 Å². The van der Waals surface area contributed by atoms with Crippen LogP contribution in [0.3, 0.4) is 0 Å². The molecule has 1 atom stereocenters. The molecule has 0 radical (unpaired) electrons. The molecule has 1 fully saturated rings. The van der Waals surface area contributed by atoms with Crippen molar-refractivity contribution in [1.29, 1.82) is 0 Å². The Morgan fingerprint density at radius 1 is 1.33 bits per heavy atom. The molecule has 0 spiro atoms. The van der Waals surface area contributed by atoms with E-state index in [-0.39, 0.29) is 30.0 Å². The van der Waals surface area contributed by atoms with Crippen LogP contribution >= 0.6 is 24.4 Å². The summed E-state index contributed by atoms with van der Waals surface area (Å²) in [6, 6.07) is 3.45. The monoisotopic (exact) mass is 463 g/mol. The molecule has 30 heavy (non-hydrogen) atoms. The van der Waals surface area contributed by atoms with Crippen molar-refractivity contribution in [1.82, 2.24) is 4.90 Å². The first kappa shape index (κ1) is 24.3. The lowest BCUT2D eigenvalue weighted by molar-refractivity contribution is -0.144. The van der Waals surface area contributed by atoms with Crippen molar-refractivity contribution in [2.75, 3.05) is 13.2 Å². The first-order chi connectivity index (χ1) is 14.0. The van der Waals surface area contributed by atoms with Crippen LogP contribution in [0.15, 0.2) is 35.3 Å². The molecular formula is C20H21F4NO3S2. The number of ether oxygens (including phenoxy) is 1. The summed E-state index contributed by atoms with van der Waals surface area (Å²) in [5.41, 5.74) is -1.45. The van der Waals surface area contributed by atoms with Crippen LogP contribution in [0.4, 0.5) is 17.6 Å². The summed E-state index contributed by atoms with van der Waals surface area (Å²) in [6.45, 7) is 6.65. The molecule has 2 rings (SSSR count). The topological polar surface area (TPSA) is 46.6 Å². The SMILES string of the molecule is C=C(/C(=C1\SC(S)N(CCC(=O)OCCC)C1=O)c1cc(C)cc(F)c1)C(F)(F)F. The van der Waals surface area contributed by atoms with Crippen molar-refractivity contribution in [2.24, 2.45) is 0 Å². The van der Waals surface area contributed by atoms with Gasteiger partial charge in [0.25, 0.3) is 5.91 Å². The minimum absolute atomic E-state index is 0.0694. The molecule has 10 heteroatoms. The fourth-order valence-corrected chi connectivity index (χ4v) is 4.45. The van der Waals surface area contributed by atoms with Crippen LogP contribution in [0, 0.1) is 12.7 Å². The third-order valence-corrected chi connectivity index (χ3v) is 5.85. The highest BCUT2D eigenvalue weighted by Crippen LogP contribution is 2.46. The van der Waals surface area contributed by atoms with Crippen LogP contribution in [0.5, 0.6) is 0 Å². The molecule has 1 amide bonds. The number of amides is 1. The fourth-order valence-electron chi connectivity index (χ4n) is 2.79. The number of halogens is 4. The number of carbonyl (C=O) groups is 2. The second-order valence-electron chi connectivity index (χ2n) is 6.61. The van der Waals surface area contributed by atoms with Gasteiger partial charge in [-0.3, -0.25) is 9.59 Å². The van der Waals surface area contributed by atoms with Crippen molar-refractivity contribution in [2.45, 2.75) is 37.6 Å². The van der Waals surface area contributed by atoms with E-state index in [1.54, 1.807) is 0 Å². The number of thioether (sulfide) groups is 1. The lowest BCUT2D eigenvalue weighted by Crippen LogP contribution is -2.32. The van der Waals surface area contributed by atoms with Crippen LogP contribution in [-0.4, -0.2) is 40.8 Å². The van der Waals surface area contributed by atoms with E-state index in [1.165, 1.54) is 24.0 Å². The highest BCUT2D eigenvalue weighted by atomic mass is 32.2. The number of hydrogen-bond acceptors (Lipinski definition) is 5. The smallest absolute Gasteiger partial charge is 0.416 e. The fraction of sp³-hybridized carbons (Fsp3) is 0.400. The summed E-state index contributed by atoms with van der Waals surface area (Å²) in [7, 11) is 0. The molecule has 4 nitrogen and oxygen atoms in total. The Kier molecular flexibility index (Phi) is 8.04. The predicted octanol–water partition coefficient (Wildman–Crippen LogP) is 5.10. The zero-order chi connectivity index (χ0) is 22.6. The Morgan fingerprint density at radius 2 is 2.00 bits per heavy atom. The summed E-state index contributed by atoms with van der Waals surface area (Å²) >= 11 is 5.06. The van der Waals surface area contributed by atoms with Crippen molar-refractivity contribution >= 4 is 41.8 Å². The van der Waals surface area contributed by atoms with Gasteiger partial charge < -0.3 is 9.64 Å². The highest BCUT2D eigenvalue weighted by molar-refractivity contribution is 8.14. The Morgan fingerprint density at radius 3 is 2.57 bits per heavy atom. The molecule has 0 N–H and O–H groups in total. The van der Waals surface area contributed by atoms with Gasteiger partial charge in [0, 0.05) is 12.1 Å². The van der Waals surface area contributed by atoms with Gasteiger partial charge in [0.2, 0.25) is 0 Å². The number of carbonyl (C=O) groups excluding carboxylic acids is 2. The third kappa shape index (κ3) is 5.81. The average molecular weight is 464 g/mol. The number of alkyl halides is 3. The number of esters is 1. The summed E-state index contributed by atoms with van der Waals surface area (Å²) in [6.07, 6.45) is -4.31. The third-order valence-electron chi connectivity index (χ3n) is 4.17. The van der Waals surface area contributed by atoms with Gasteiger partial charge in [-0.15, -0.1) is 12.6 Å². The summed E-state index contributed by atoms with van der Waals surface area (Å²) in [5, 5.41) is 0. The van der Waals surface area contributed by atoms with Crippen LogP contribution in [0.25, 0.3) is 5.57 Å². The number of allylic oxidation sites excluding steroid dienone is 2. The second-order valence-corrected chi connectivity index (χ2v) is 8.54. The van der Waals surface area contributed by atoms with E-state index in [2.05, 4.69) is 19.2 Å². The van der Waals surface area contributed by atoms with Gasteiger partial charge in [0.1, 0.15) is 10.5 Å². The van der Waals surface area contributed by atoms with Gasteiger partial charge >= 0.3 is 12.1 Å². The number of aryl methyl sites for hydroxylation is 1. The average Bonchev–Trinajstić information content (AvgIpc) is 2.90. The number of thiol groups is 1. The molecular weight excluding hydrogens is 442 g/mol. The molecule has 0 aromatic heterocycles. The maximum Gasteiger partial charge on any atom is 0.416 e. The lowest BCUT2D eigenvalue weighted by Gasteiger charge is -2.19. The molecule has 1 saturated heterocycles. The largest absolute Gasteiger partial charge is 0.466 e. The maximum absolute atomic E-state index is 13.9. The number of hydrogen-bond donors (Lipinski definition) is 1. The quantitative estimate of drug-likeness (QED) is 0.265. The zero-order valence-corrected chi connectivity index (χ0v) is 18.1. The minimum Gasteiger partial charge on any atom is -0.466 e. The predicted molar refractivity (Wildman–Crippen MR) is 111 cm³/mol. The molecule has 1 aromatic rings. The van der Waals surface area contributed by atoms with Crippen LogP contribution < -0.4 is 0 Å². The first-order valence-corrected chi connectivity index (χ1v) is 10.4. The van der Waals surface area contributed by atoms with E-state index in [0.717, 1.165) is 17.8 Å². The van der Waals surface area contributed by atoms with Gasteiger partial charge in [0.15, 0.2) is 0 Å². The summed E-state index contributed by atoms with van der Waals surface area (Å²) in [5.74, 6) is -1.98. The van der Waals surface area contributed by atoms with E-state index in [9.17, 15) is 27.2 Å². The molecule has 1 aromatic carbocycles. The van der Waals surface area contributed by atoms with Crippen LogP contribution in [0.1, 0.15) is 30.9 Å².